The Hall–Kier alpha value is -5.07. The SMILES string of the molecule is CC(C)(C)C1=CC(=CN=Nc2ccc(-c3ccc(N=NC=C4C=C(C(C)(C)C)C(=O)C(C(C)(C)C)=C4)c(-c4ccccc4)c3)cc2Cl)C=C(C(C)(C)C)C1=O. The van der Waals surface area contributed by atoms with Crippen LogP contribution in [-0.4, -0.2) is 11.6 Å². The van der Waals surface area contributed by atoms with Crippen molar-refractivity contribution in [2.75, 3.05) is 0 Å². The minimum absolute atomic E-state index is 0.0778. The first-order valence-corrected chi connectivity index (χ1v) is 19.1. The van der Waals surface area contributed by atoms with E-state index in [4.69, 9.17) is 11.6 Å². The number of hydrogen-bond acceptors (Lipinski definition) is 6. The van der Waals surface area contributed by atoms with E-state index in [0.717, 1.165) is 55.7 Å². The maximum absolute atomic E-state index is 13.4. The van der Waals surface area contributed by atoms with Crippen molar-refractivity contribution in [3.63, 3.8) is 0 Å². The maximum atomic E-state index is 13.4. The summed E-state index contributed by atoms with van der Waals surface area (Å²) in [4.78, 5) is 26.7. The molecule has 0 N–H and O–H groups in total. The van der Waals surface area contributed by atoms with Gasteiger partial charge in [-0.2, -0.15) is 15.3 Å². The molecule has 0 heterocycles. The van der Waals surface area contributed by atoms with Crippen LogP contribution in [0.4, 0.5) is 11.4 Å². The number of azo groups is 2. The fourth-order valence-corrected chi connectivity index (χ4v) is 6.63. The first kappa shape index (κ1) is 41.1. The molecule has 0 unspecified atom stereocenters. The van der Waals surface area contributed by atoms with Gasteiger partial charge in [0.25, 0.3) is 0 Å². The topological polar surface area (TPSA) is 83.6 Å². The van der Waals surface area contributed by atoms with Gasteiger partial charge < -0.3 is 0 Å². The summed E-state index contributed by atoms with van der Waals surface area (Å²) in [5.74, 6) is 0.163. The van der Waals surface area contributed by atoms with Crippen LogP contribution in [-0.2, 0) is 9.59 Å². The quantitative estimate of drug-likeness (QED) is 0.235. The van der Waals surface area contributed by atoms with E-state index in [9.17, 15) is 9.59 Å². The standard InChI is InChI=1S/C48H53ClN4O2/c1-45(2,3)36-22-30(23-37(43(36)54)46(4,5)6)28-50-52-41-20-18-33(26-35(41)32-16-14-13-15-17-32)34-19-21-42(40(49)27-34)53-51-29-31-24-38(47(7,8)9)44(55)39(25-31)48(10,11)12/h13-29H,1-12H3. The van der Waals surface area contributed by atoms with Crippen molar-refractivity contribution in [2.45, 2.75) is 83.1 Å². The average molecular weight is 753 g/mol. The highest BCUT2D eigenvalue weighted by molar-refractivity contribution is 6.33. The highest BCUT2D eigenvalue weighted by Crippen LogP contribution is 2.41. The Kier molecular flexibility index (Phi) is 11.6. The number of halogens is 1. The van der Waals surface area contributed by atoms with E-state index >= 15 is 0 Å². The van der Waals surface area contributed by atoms with Crippen molar-refractivity contribution in [1.82, 2.24) is 0 Å². The van der Waals surface area contributed by atoms with Gasteiger partial charge in [0, 0.05) is 27.9 Å². The van der Waals surface area contributed by atoms with Crippen LogP contribution in [0.5, 0.6) is 0 Å². The Bertz CT molecular complexity index is 2200. The monoisotopic (exact) mass is 752 g/mol. The van der Waals surface area contributed by atoms with Crippen LogP contribution in [0.15, 0.2) is 157 Å². The number of carbonyl (C=O) groups is 2. The van der Waals surface area contributed by atoms with E-state index in [1.165, 1.54) is 0 Å². The predicted molar refractivity (Wildman–Crippen MR) is 228 cm³/mol. The zero-order valence-electron chi connectivity index (χ0n) is 34.3. The molecule has 0 aromatic heterocycles. The molecule has 5 rings (SSSR count). The van der Waals surface area contributed by atoms with Gasteiger partial charge >= 0.3 is 0 Å². The van der Waals surface area contributed by atoms with E-state index in [-0.39, 0.29) is 33.2 Å². The van der Waals surface area contributed by atoms with Gasteiger partial charge in [-0.25, -0.2) is 0 Å². The van der Waals surface area contributed by atoms with Crippen LogP contribution in [0, 0.1) is 21.7 Å². The smallest absolute Gasteiger partial charge is 0.186 e. The zero-order chi connectivity index (χ0) is 40.5. The van der Waals surface area contributed by atoms with E-state index < -0.39 is 0 Å². The highest BCUT2D eigenvalue weighted by Gasteiger charge is 2.35. The van der Waals surface area contributed by atoms with Crippen LogP contribution < -0.4 is 0 Å². The summed E-state index contributed by atoms with van der Waals surface area (Å²) in [6.45, 7) is 24.6. The number of rotatable bonds is 6. The highest BCUT2D eigenvalue weighted by atomic mass is 35.5. The fraction of sp³-hybridized carbons (Fsp3) is 0.333. The average Bonchev–Trinajstić information content (AvgIpc) is 3.08. The number of benzene rings is 3. The molecular formula is C48H53ClN4O2. The van der Waals surface area contributed by atoms with Crippen LogP contribution in [0.2, 0.25) is 5.02 Å². The van der Waals surface area contributed by atoms with E-state index in [1.807, 2.05) is 127 Å². The minimum atomic E-state index is -0.310. The third-order valence-corrected chi connectivity index (χ3v) is 9.86. The molecule has 0 saturated heterocycles. The van der Waals surface area contributed by atoms with Gasteiger partial charge in [0.2, 0.25) is 0 Å². The molecule has 2 aliphatic carbocycles. The lowest BCUT2D eigenvalue weighted by Gasteiger charge is -2.31. The van der Waals surface area contributed by atoms with Gasteiger partial charge in [-0.05, 0) is 98.1 Å². The molecule has 0 spiro atoms. The predicted octanol–water partition coefficient (Wildman–Crippen LogP) is 14.7. The number of Topliss-reactive ketones (excluding diaryl/α,β-unsaturated/α-hetero) is 2. The Morgan fingerprint density at radius 3 is 1.25 bits per heavy atom. The third kappa shape index (κ3) is 9.79. The van der Waals surface area contributed by atoms with E-state index in [2.05, 4.69) is 68.1 Å². The molecule has 7 heteroatoms. The van der Waals surface area contributed by atoms with Crippen LogP contribution in [0.1, 0.15) is 83.1 Å². The molecule has 0 saturated carbocycles. The maximum Gasteiger partial charge on any atom is 0.186 e. The Labute approximate surface area is 332 Å². The van der Waals surface area contributed by atoms with Crippen molar-refractivity contribution in [3.05, 3.63) is 142 Å². The van der Waals surface area contributed by atoms with Gasteiger partial charge in [0.1, 0.15) is 5.69 Å². The van der Waals surface area contributed by atoms with Gasteiger partial charge in [-0.3, -0.25) is 9.59 Å². The molecule has 0 bridgehead atoms. The van der Waals surface area contributed by atoms with Gasteiger partial charge in [-0.1, -0.05) is 137 Å². The number of hydrogen-bond donors (Lipinski definition) is 0. The fourth-order valence-electron chi connectivity index (χ4n) is 6.41. The minimum Gasteiger partial charge on any atom is -0.289 e. The first-order valence-electron chi connectivity index (χ1n) is 18.7. The molecule has 6 nitrogen and oxygen atoms in total. The first-order chi connectivity index (χ1) is 25.5. The van der Waals surface area contributed by atoms with Crippen molar-refractivity contribution in [2.24, 2.45) is 42.1 Å². The van der Waals surface area contributed by atoms with Crippen LogP contribution >= 0.6 is 11.6 Å². The summed E-state index contributed by atoms with van der Waals surface area (Å²) in [5, 5.41) is 18.5. The molecule has 0 atom stereocenters. The summed E-state index contributed by atoms with van der Waals surface area (Å²) >= 11 is 6.79. The Morgan fingerprint density at radius 1 is 0.473 bits per heavy atom. The zero-order valence-corrected chi connectivity index (χ0v) is 35.1. The van der Waals surface area contributed by atoms with Crippen LogP contribution in [0.25, 0.3) is 22.3 Å². The number of ketones is 2. The lowest BCUT2D eigenvalue weighted by Crippen LogP contribution is -2.27. The summed E-state index contributed by atoms with van der Waals surface area (Å²) in [6, 6.07) is 21.8. The van der Waals surface area contributed by atoms with E-state index in [0.29, 0.717) is 16.4 Å². The molecule has 0 aliphatic heterocycles. The second-order valence-electron chi connectivity index (χ2n) is 18.3. The normalized spacial score (nSPS) is 16.0. The second kappa shape index (κ2) is 15.6. The molecular weight excluding hydrogens is 700 g/mol. The summed E-state index contributed by atoms with van der Waals surface area (Å²) < 4.78 is 0. The molecule has 55 heavy (non-hydrogen) atoms. The van der Waals surface area contributed by atoms with E-state index in [1.54, 1.807) is 12.4 Å². The molecule has 3 aromatic rings. The van der Waals surface area contributed by atoms with Gasteiger partial charge in [0.15, 0.2) is 11.6 Å². The molecule has 284 valence electrons. The largest absolute Gasteiger partial charge is 0.289 e. The van der Waals surface area contributed by atoms with Crippen molar-refractivity contribution in [1.29, 1.82) is 0 Å². The Balaban J connectivity index is 1.46. The van der Waals surface area contributed by atoms with Gasteiger partial charge in [0.05, 0.1) is 23.1 Å². The number of nitrogens with zero attached hydrogens (tertiary/aromatic N) is 4. The number of allylic oxidation sites excluding steroid dienone is 10. The lowest BCUT2D eigenvalue weighted by atomic mass is 9.72. The number of carbonyl (C=O) groups excluding carboxylic acids is 2. The molecule has 0 fully saturated rings. The summed E-state index contributed by atoms with van der Waals surface area (Å²) in [5.41, 5.74) is 8.48. The lowest BCUT2D eigenvalue weighted by molar-refractivity contribution is -0.114. The molecule has 0 radical (unpaired) electrons. The Morgan fingerprint density at radius 2 is 0.855 bits per heavy atom. The molecule has 3 aromatic carbocycles. The van der Waals surface area contributed by atoms with Crippen molar-refractivity contribution >= 4 is 34.5 Å². The van der Waals surface area contributed by atoms with Crippen molar-refractivity contribution < 1.29 is 9.59 Å². The molecule has 0 amide bonds. The molecule has 2 aliphatic rings. The van der Waals surface area contributed by atoms with Crippen molar-refractivity contribution in [3.8, 4) is 22.3 Å². The summed E-state index contributed by atoms with van der Waals surface area (Å²) in [6.07, 6.45) is 11.1. The second-order valence-corrected chi connectivity index (χ2v) is 18.8. The van der Waals surface area contributed by atoms with Gasteiger partial charge in [-0.15, -0.1) is 5.11 Å². The third-order valence-electron chi connectivity index (χ3n) is 9.56. The van der Waals surface area contributed by atoms with Crippen LogP contribution in [0.3, 0.4) is 0 Å². The summed E-state index contributed by atoms with van der Waals surface area (Å²) in [7, 11) is 0.